The monoisotopic (exact) mass is 841 g/mol. The van der Waals surface area contributed by atoms with E-state index in [1.54, 1.807) is 0 Å². The molecule has 4 aliphatic carbocycles. The molecule has 5 saturated heterocycles. The van der Waals surface area contributed by atoms with Gasteiger partial charge in [0.2, 0.25) is 0 Å². The molecule has 5 aliphatic heterocycles. The van der Waals surface area contributed by atoms with Crippen LogP contribution in [0.2, 0.25) is 0 Å². The van der Waals surface area contributed by atoms with Crippen LogP contribution >= 0.6 is 0 Å². The van der Waals surface area contributed by atoms with Crippen molar-refractivity contribution in [3.8, 4) is 0 Å². The number of ether oxygens (including phenoxy) is 1. The van der Waals surface area contributed by atoms with Crippen LogP contribution in [0.1, 0.15) is 103 Å². The molecule has 9 fully saturated rings. The number of carboxylic acids is 1. The Bertz CT molecular complexity index is 1250. The Morgan fingerprint density at radius 2 is 0.821 bits per heavy atom. The first kappa shape index (κ1) is 48.2. The van der Waals surface area contributed by atoms with Crippen molar-refractivity contribution >= 4 is 5.97 Å². The molecule has 18 atom stereocenters. The van der Waals surface area contributed by atoms with Crippen LogP contribution in [0.4, 0.5) is 0 Å². The van der Waals surface area contributed by atoms with E-state index < -0.39 is 5.97 Å². The molecule has 322 valence electrons. The predicted molar refractivity (Wildman–Crippen MR) is 218 cm³/mol. The van der Waals surface area contributed by atoms with E-state index in [1.165, 1.54) is 83.5 Å². The van der Waals surface area contributed by atoms with Crippen molar-refractivity contribution in [2.75, 3.05) is 27.7 Å². The van der Waals surface area contributed by atoms with Crippen molar-refractivity contribution in [2.45, 2.75) is 164 Å². The van der Waals surface area contributed by atoms with Gasteiger partial charge in [0.05, 0.1) is 83.0 Å². The summed E-state index contributed by atoms with van der Waals surface area (Å²) in [5, 5.41) is 43.6. The molecule has 0 aromatic carbocycles. The van der Waals surface area contributed by atoms with Crippen molar-refractivity contribution in [1.29, 1.82) is 0 Å². The third kappa shape index (κ3) is 9.68. The van der Waals surface area contributed by atoms with E-state index in [-0.39, 0.29) is 93.3 Å². The number of hydrogen-bond donors (Lipinski definition) is 9. The van der Waals surface area contributed by atoms with Gasteiger partial charge in [-0.15, -0.1) is 0 Å². The molecule has 0 aromatic rings. The minimum Gasteiger partial charge on any atom is -0.693 e. The molecule has 17 heteroatoms. The number of likely N-dealkylation sites (N-methyl/N-ethyl adjacent to an activating group) is 1. The van der Waals surface area contributed by atoms with Crippen LogP contribution in [-0.2, 0) is 29.0 Å². The molecule has 56 heavy (non-hydrogen) atoms. The Morgan fingerprint density at radius 3 is 1.14 bits per heavy atom. The SMILES string of the molecule is C[N+](C)(C)C[C@@H](CC(=O)O)OC1CCCC2C3NC4NC(NC5NC(NC6NC(NC(N3)C12)C1CCCCC61)C1CCCCC51)C1CCCCC41.[NH2-].[NH2-].[NH2-].[NH2-].[Zn]. The number of aliphatic carboxylic acids is 1. The number of carbonyl (C=O) groups is 1. The Hall–Kier alpha value is -0.467. The van der Waals surface area contributed by atoms with E-state index in [9.17, 15) is 9.90 Å². The van der Waals surface area contributed by atoms with Gasteiger partial charge in [0.25, 0.3) is 0 Å². The fraction of sp³-hybridized carbons (Fsp3) is 0.974. The summed E-state index contributed by atoms with van der Waals surface area (Å²) in [7, 11) is 6.42. The second-order valence-electron chi connectivity index (χ2n) is 19.5. The normalized spacial score (nSPS) is 45.7. The molecule has 4 saturated carbocycles. The molecule has 0 radical (unpaired) electrons. The summed E-state index contributed by atoms with van der Waals surface area (Å²) in [5.41, 5.74) is 0. The van der Waals surface area contributed by atoms with Crippen LogP contribution in [0, 0.1) is 47.3 Å². The molecular weight excluding hydrogens is 764 g/mol. The van der Waals surface area contributed by atoms with E-state index in [0.29, 0.717) is 77.1 Å². The van der Waals surface area contributed by atoms with Crippen LogP contribution in [-0.4, -0.2) is 105 Å². The van der Waals surface area contributed by atoms with Gasteiger partial charge < -0.3 is 38.9 Å². The van der Waals surface area contributed by atoms with Crippen LogP contribution < -0.4 is 42.5 Å². The molecule has 9 aliphatic rings. The average Bonchev–Trinajstić information content (AvgIpc) is 3.83. The molecule has 9 rings (SSSR count). The van der Waals surface area contributed by atoms with E-state index >= 15 is 0 Å². The van der Waals surface area contributed by atoms with E-state index in [2.05, 4.69) is 63.7 Å². The van der Waals surface area contributed by atoms with Gasteiger partial charge in [-0.2, -0.15) is 0 Å². The van der Waals surface area contributed by atoms with Gasteiger partial charge in [-0.3, -0.25) is 47.3 Å². The first-order valence-corrected chi connectivity index (χ1v) is 21.4. The van der Waals surface area contributed by atoms with Crippen molar-refractivity contribution < 1.29 is 38.6 Å². The molecule has 0 spiro atoms. The zero-order valence-corrected chi connectivity index (χ0v) is 37.6. The van der Waals surface area contributed by atoms with Gasteiger partial charge in [0, 0.05) is 25.4 Å². The summed E-state index contributed by atoms with van der Waals surface area (Å²) >= 11 is 0. The fourth-order valence-electron chi connectivity index (χ4n) is 13.4. The van der Waals surface area contributed by atoms with Gasteiger partial charge in [0.1, 0.15) is 12.6 Å². The molecule has 17 unspecified atom stereocenters. The standard InChI is InChI=1S/C39H69N9O3.4H2N.Zn/c1-48(2,3)20-21(19-30(49)50)51-29-18-10-17-28-31(29)39-46-37-27-16-9-8-15-26(27)35(44-37)42-33-23-12-5-4-11-22(23)32(40-33)41-34-24-13-6-7-14-25(24)36(43-34)45-38(28)47-39;;;;;/h21-29,31-47H,4-20H2,1-3H3;4*1H2;/q;4*-1;/p+1/t21-,22?,23?,24?,25?,26?,27?,28?,29?,31?,32?,33?,34?,35?,36?,37?,38?,39?;;;;;/m1...../s1. The van der Waals surface area contributed by atoms with E-state index in [1.807, 2.05) is 0 Å². The van der Waals surface area contributed by atoms with Crippen LogP contribution in [0.3, 0.4) is 0 Å². The number of nitrogens with zero attached hydrogens (tertiary/aromatic N) is 1. The molecule has 17 N–H and O–H groups in total. The fourth-order valence-corrected chi connectivity index (χ4v) is 13.4. The maximum Gasteiger partial charge on any atom is 0.306 e. The molecule has 16 nitrogen and oxygen atoms in total. The summed E-state index contributed by atoms with van der Waals surface area (Å²) < 4.78 is 7.70. The summed E-state index contributed by atoms with van der Waals surface area (Å²) in [4.78, 5) is 12.1. The van der Waals surface area contributed by atoms with Gasteiger partial charge in [0.15, 0.2) is 0 Å². The third-order valence-corrected chi connectivity index (χ3v) is 15.4. The molecular formula is C39H78N13O3Zn-3. The van der Waals surface area contributed by atoms with Gasteiger partial charge in [-0.05, 0) is 92.8 Å². The van der Waals surface area contributed by atoms with Crippen LogP contribution in [0.25, 0.3) is 24.6 Å². The summed E-state index contributed by atoms with van der Waals surface area (Å²) in [6, 6.07) is 0. The third-order valence-electron chi connectivity index (χ3n) is 15.4. The van der Waals surface area contributed by atoms with E-state index in [4.69, 9.17) is 4.74 Å². The number of rotatable bonds is 6. The maximum absolute atomic E-state index is 12.1. The minimum atomic E-state index is -0.769. The molecule has 8 bridgehead atoms. The Morgan fingerprint density at radius 1 is 0.518 bits per heavy atom. The molecule has 0 aromatic heterocycles. The second-order valence-corrected chi connectivity index (χ2v) is 19.5. The number of hydrogen-bond acceptors (Lipinski definition) is 10. The number of nitrogens with one attached hydrogen (secondary N) is 8. The van der Waals surface area contributed by atoms with Gasteiger partial charge in [-0.25, -0.2) is 0 Å². The smallest absolute Gasteiger partial charge is 0.306 e. The molecule has 5 heterocycles. The van der Waals surface area contributed by atoms with Gasteiger partial charge in [-0.1, -0.05) is 44.9 Å². The Labute approximate surface area is 349 Å². The molecule has 0 amide bonds. The van der Waals surface area contributed by atoms with Crippen molar-refractivity contribution in [2.24, 2.45) is 47.3 Å². The van der Waals surface area contributed by atoms with Crippen LogP contribution in [0.5, 0.6) is 0 Å². The first-order chi connectivity index (χ1) is 24.7. The average molecular weight is 843 g/mol. The minimum absolute atomic E-state index is 0. The number of nitrogens with two attached hydrogens (primary N) is 4. The van der Waals surface area contributed by atoms with Crippen molar-refractivity contribution in [3.05, 3.63) is 24.6 Å². The Balaban J connectivity index is 0.00000139. The predicted octanol–water partition coefficient (Wildman–Crippen LogP) is 5.02. The second kappa shape index (κ2) is 19.9. The topological polar surface area (TPSA) is 277 Å². The number of fused-ring (bicyclic) bond motifs is 20. The zero-order valence-electron chi connectivity index (χ0n) is 34.6. The van der Waals surface area contributed by atoms with Crippen molar-refractivity contribution in [3.63, 3.8) is 0 Å². The summed E-state index contributed by atoms with van der Waals surface area (Å²) in [6.45, 7) is 0.691. The summed E-state index contributed by atoms with van der Waals surface area (Å²) in [6.07, 6.45) is 20.9. The number of carboxylic acid groups (broad SMARTS) is 1. The van der Waals surface area contributed by atoms with Crippen LogP contribution in [0.15, 0.2) is 0 Å². The first-order valence-electron chi connectivity index (χ1n) is 21.4. The Kier molecular flexibility index (Phi) is 17.2. The quantitative estimate of drug-likeness (QED) is 0.127. The van der Waals surface area contributed by atoms with Crippen molar-refractivity contribution in [1.82, 2.24) is 42.5 Å². The zero-order chi connectivity index (χ0) is 34.9. The number of quaternary nitrogens is 1. The van der Waals surface area contributed by atoms with E-state index in [0.717, 1.165) is 12.8 Å². The largest absolute Gasteiger partial charge is 0.693 e. The summed E-state index contributed by atoms with van der Waals surface area (Å²) in [5.74, 6) is 3.75. The van der Waals surface area contributed by atoms with Gasteiger partial charge >= 0.3 is 5.97 Å². The maximum atomic E-state index is 12.1.